The highest BCUT2D eigenvalue weighted by molar-refractivity contribution is 5.87. The van der Waals surface area contributed by atoms with Gasteiger partial charge in [-0.05, 0) is 37.1 Å². The molecule has 0 unspecified atom stereocenters. The second-order valence-corrected chi connectivity index (χ2v) is 4.22. The summed E-state index contributed by atoms with van der Waals surface area (Å²) in [7, 11) is 1.94. The zero-order valence-electron chi connectivity index (χ0n) is 9.90. The number of carboxylic acids is 1. The van der Waals surface area contributed by atoms with Gasteiger partial charge in [-0.1, -0.05) is 0 Å². The molecular weight excluding hydrogens is 218 g/mol. The lowest BCUT2D eigenvalue weighted by molar-refractivity contribution is -0.136. The summed E-state index contributed by atoms with van der Waals surface area (Å²) in [5.41, 5.74) is 3.06. The summed E-state index contributed by atoms with van der Waals surface area (Å²) in [6.07, 6.45) is 0.595. The molecule has 2 rings (SSSR count). The monoisotopic (exact) mass is 233 g/mol. The number of hydrogen-bond donors (Lipinski definition) is 2. The third-order valence-electron chi connectivity index (χ3n) is 3.20. The van der Waals surface area contributed by atoms with E-state index in [4.69, 9.17) is 5.11 Å². The number of phenols is 1. The van der Waals surface area contributed by atoms with Crippen molar-refractivity contribution < 1.29 is 15.0 Å². The molecule has 0 bridgehead atoms. The van der Waals surface area contributed by atoms with Gasteiger partial charge in [0.2, 0.25) is 0 Å². The second kappa shape index (κ2) is 4.13. The summed E-state index contributed by atoms with van der Waals surface area (Å²) in [6, 6.07) is 5.18. The van der Waals surface area contributed by atoms with Crippen LogP contribution in [0.3, 0.4) is 0 Å². The van der Waals surface area contributed by atoms with Crippen LogP contribution in [-0.4, -0.2) is 20.7 Å². The molecule has 1 aromatic heterocycles. The van der Waals surface area contributed by atoms with Crippen LogP contribution >= 0.6 is 0 Å². The molecule has 0 radical (unpaired) electrons. The summed E-state index contributed by atoms with van der Waals surface area (Å²) in [5, 5.41) is 19.2. The van der Waals surface area contributed by atoms with E-state index < -0.39 is 5.97 Å². The number of carbonyl (C=O) groups is 1. The molecule has 0 aliphatic heterocycles. The fraction of sp³-hybridized carbons (Fsp3) is 0.308. The number of aliphatic carboxylic acids is 1. The highest BCUT2D eigenvalue weighted by atomic mass is 16.4. The van der Waals surface area contributed by atoms with Crippen molar-refractivity contribution in [3.05, 3.63) is 29.5 Å². The van der Waals surface area contributed by atoms with E-state index in [1.54, 1.807) is 12.1 Å². The van der Waals surface area contributed by atoms with Crippen LogP contribution in [0.4, 0.5) is 0 Å². The molecule has 4 nitrogen and oxygen atoms in total. The highest BCUT2D eigenvalue weighted by Gasteiger charge is 2.13. The van der Waals surface area contributed by atoms with E-state index in [0.29, 0.717) is 6.42 Å². The van der Waals surface area contributed by atoms with Crippen LogP contribution in [0.1, 0.15) is 17.7 Å². The number of carboxylic acid groups (broad SMARTS) is 1. The molecule has 0 spiro atoms. The van der Waals surface area contributed by atoms with Crippen molar-refractivity contribution in [1.82, 2.24) is 4.57 Å². The molecule has 0 aliphatic rings. The number of aromatic nitrogens is 1. The predicted octanol–water partition coefficient (Wildman–Crippen LogP) is 2.21. The minimum atomic E-state index is -0.804. The Hall–Kier alpha value is -1.97. The molecular formula is C13H15NO3. The third kappa shape index (κ3) is 1.98. The van der Waals surface area contributed by atoms with Gasteiger partial charge in [-0.25, -0.2) is 0 Å². The first-order chi connectivity index (χ1) is 8.00. The van der Waals surface area contributed by atoms with Crippen molar-refractivity contribution in [1.29, 1.82) is 0 Å². The molecule has 0 saturated heterocycles. The predicted molar refractivity (Wildman–Crippen MR) is 65.3 cm³/mol. The van der Waals surface area contributed by atoms with Gasteiger partial charge in [0, 0.05) is 30.1 Å². The number of fused-ring (bicyclic) bond motifs is 1. The van der Waals surface area contributed by atoms with Gasteiger partial charge in [0.25, 0.3) is 0 Å². The van der Waals surface area contributed by atoms with Gasteiger partial charge in [0.05, 0.1) is 0 Å². The minimum Gasteiger partial charge on any atom is -0.508 e. The fourth-order valence-electron chi connectivity index (χ4n) is 2.18. The quantitative estimate of drug-likeness (QED) is 0.854. The molecule has 0 fully saturated rings. The van der Waals surface area contributed by atoms with Gasteiger partial charge in [-0.2, -0.15) is 0 Å². The van der Waals surface area contributed by atoms with Crippen LogP contribution in [0.15, 0.2) is 18.2 Å². The fourth-order valence-corrected chi connectivity index (χ4v) is 2.18. The molecule has 17 heavy (non-hydrogen) atoms. The summed E-state index contributed by atoms with van der Waals surface area (Å²) < 4.78 is 2.02. The van der Waals surface area contributed by atoms with Crippen LogP contribution in [0.2, 0.25) is 0 Å². The summed E-state index contributed by atoms with van der Waals surface area (Å²) >= 11 is 0. The SMILES string of the molecule is Cc1c(CCC(=O)O)c2cc(O)ccc2n1C. The van der Waals surface area contributed by atoms with E-state index in [2.05, 4.69) is 0 Å². The van der Waals surface area contributed by atoms with Crippen molar-refractivity contribution in [2.45, 2.75) is 19.8 Å². The number of aromatic hydroxyl groups is 1. The minimum absolute atomic E-state index is 0.107. The second-order valence-electron chi connectivity index (χ2n) is 4.22. The molecule has 1 aromatic carbocycles. The number of aryl methyl sites for hydroxylation is 2. The van der Waals surface area contributed by atoms with Gasteiger partial charge in [0.1, 0.15) is 5.75 Å². The topological polar surface area (TPSA) is 62.5 Å². The molecule has 90 valence electrons. The van der Waals surface area contributed by atoms with Crippen LogP contribution in [0.25, 0.3) is 10.9 Å². The number of rotatable bonds is 3. The summed E-state index contributed by atoms with van der Waals surface area (Å²) in [6.45, 7) is 1.97. The first kappa shape index (κ1) is 11.5. The van der Waals surface area contributed by atoms with Gasteiger partial charge in [-0.3, -0.25) is 4.79 Å². The molecule has 4 heteroatoms. The average Bonchev–Trinajstić information content (AvgIpc) is 2.49. The Balaban J connectivity index is 2.56. The van der Waals surface area contributed by atoms with Crippen molar-refractivity contribution in [3.63, 3.8) is 0 Å². The first-order valence-electron chi connectivity index (χ1n) is 5.49. The van der Waals surface area contributed by atoms with Crippen molar-refractivity contribution in [2.75, 3.05) is 0 Å². The average molecular weight is 233 g/mol. The van der Waals surface area contributed by atoms with Crippen LogP contribution in [0, 0.1) is 6.92 Å². The Labute approximate surface area is 99.1 Å². The lowest BCUT2D eigenvalue weighted by Crippen LogP contribution is -1.99. The Morgan fingerprint density at radius 1 is 1.41 bits per heavy atom. The molecule has 1 heterocycles. The van der Waals surface area contributed by atoms with E-state index in [-0.39, 0.29) is 12.2 Å². The third-order valence-corrected chi connectivity index (χ3v) is 3.20. The van der Waals surface area contributed by atoms with E-state index in [9.17, 15) is 9.90 Å². The number of benzene rings is 1. The van der Waals surface area contributed by atoms with E-state index >= 15 is 0 Å². The van der Waals surface area contributed by atoms with E-state index in [0.717, 1.165) is 22.2 Å². The van der Waals surface area contributed by atoms with E-state index in [1.165, 1.54) is 0 Å². The molecule has 0 amide bonds. The van der Waals surface area contributed by atoms with Crippen molar-refractivity contribution >= 4 is 16.9 Å². The van der Waals surface area contributed by atoms with Crippen LogP contribution in [0.5, 0.6) is 5.75 Å². The number of hydrogen-bond acceptors (Lipinski definition) is 2. The van der Waals surface area contributed by atoms with Gasteiger partial charge in [0.15, 0.2) is 0 Å². The molecule has 2 N–H and O–H groups in total. The number of nitrogens with zero attached hydrogens (tertiary/aromatic N) is 1. The summed E-state index contributed by atoms with van der Waals surface area (Å²) in [5.74, 6) is -0.596. The van der Waals surface area contributed by atoms with Crippen LogP contribution in [-0.2, 0) is 18.3 Å². The Morgan fingerprint density at radius 2 is 2.12 bits per heavy atom. The lowest BCUT2D eigenvalue weighted by Gasteiger charge is -2.00. The normalized spacial score (nSPS) is 10.9. The molecule has 2 aromatic rings. The Bertz CT molecular complexity index is 584. The number of phenolic OH excluding ortho intramolecular Hbond substituents is 1. The van der Waals surface area contributed by atoms with Crippen molar-refractivity contribution in [3.8, 4) is 5.75 Å². The Kier molecular flexibility index (Phi) is 2.79. The first-order valence-corrected chi connectivity index (χ1v) is 5.49. The van der Waals surface area contributed by atoms with Gasteiger partial charge < -0.3 is 14.8 Å². The molecule has 0 atom stereocenters. The molecule has 0 aliphatic carbocycles. The van der Waals surface area contributed by atoms with Gasteiger partial charge >= 0.3 is 5.97 Å². The standard InChI is InChI=1S/C13H15NO3/c1-8-10(4-6-13(16)17)11-7-9(15)3-5-12(11)14(8)2/h3,5,7,15H,4,6H2,1-2H3,(H,16,17). The largest absolute Gasteiger partial charge is 0.508 e. The van der Waals surface area contributed by atoms with Gasteiger partial charge in [-0.15, -0.1) is 0 Å². The van der Waals surface area contributed by atoms with Crippen LogP contribution < -0.4 is 0 Å². The lowest BCUT2D eigenvalue weighted by atomic mass is 10.1. The zero-order chi connectivity index (χ0) is 12.6. The maximum atomic E-state index is 10.6. The highest BCUT2D eigenvalue weighted by Crippen LogP contribution is 2.28. The Morgan fingerprint density at radius 3 is 2.76 bits per heavy atom. The van der Waals surface area contributed by atoms with E-state index in [1.807, 2.05) is 24.6 Å². The smallest absolute Gasteiger partial charge is 0.303 e. The maximum Gasteiger partial charge on any atom is 0.303 e. The maximum absolute atomic E-state index is 10.6. The van der Waals surface area contributed by atoms with Crippen molar-refractivity contribution in [2.24, 2.45) is 7.05 Å². The summed E-state index contributed by atoms with van der Waals surface area (Å²) in [4.78, 5) is 10.6. The molecule has 0 saturated carbocycles. The zero-order valence-corrected chi connectivity index (χ0v) is 9.90.